The highest BCUT2D eigenvalue weighted by atomic mass is 32.2. The zero-order valence-electron chi connectivity index (χ0n) is 19.8. The van der Waals surface area contributed by atoms with Crippen molar-refractivity contribution >= 4 is 27.8 Å². The number of carbonyl (C=O) groups is 1. The molecule has 0 saturated carbocycles. The lowest BCUT2D eigenvalue weighted by Gasteiger charge is -2.12. The minimum absolute atomic E-state index is 0.0475. The largest absolute Gasteiger partial charge is 0.469 e. The first-order chi connectivity index (χ1) is 16.4. The minimum Gasteiger partial charge on any atom is -0.469 e. The van der Waals surface area contributed by atoms with Crippen molar-refractivity contribution in [3.8, 4) is 11.8 Å². The summed E-state index contributed by atoms with van der Waals surface area (Å²) in [7, 11) is -2.64. The van der Waals surface area contributed by atoms with Crippen LogP contribution >= 0.6 is 0 Å². The van der Waals surface area contributed by atoms with Crippen molar-refractivity contribution in [2.24, 2.45) is 0 Å². The summed E-state index contributed by atoms with van der Waals surface area (Å²) in [5.41, 5.74) is 0.875. The van der Waals surface area contributed by atoms with Crippen LogP contribution in [0.2, 0.25) is 0 Å². The van der Waals surface area contributed by atoms with E-state index in [4.69, 9.17) is 0 Å². The second-order valence-electron chi connectivity index (χ2n) is 8.10. The van der Waals surface area contributed by atoms with Crippen molar-refractivity contribution < 1.29 is 31.1 Å². The monoisotopic (exact) mass is 507 g/mol. The van der Waals surface area contributed by atoms with Crippen molar-refractivity contribution in [3.63, 3.8) is 0 Å². The number of anilines is 1. The molecule has 0 aromatic heterocycles. The van der Waals surface area contributed by atoms with E-state index in [1.807, 2.05) is 24.3 Å². The van der Waals surface area contributed by atoms with Crippen LogP contribution in [0.4, 0.5) is 18.9 Å². The van der Waals surface area contributed by atoms with Gasteiger partial charge in [0.05, 0.1) is 24.1 Å². The van der Waals surface area contributed by atoms with E-state index in [-0.39, 0.29) is 29.8 Å². The molecule has 0 atom stereocenters. The van der Waals surface area contributed by atoms with Crippen molar-refractivity contribution in [3.05, 3.63) is 70.8 Å². The molecule has 0 saturated heterocycles. The maximum absolute atomic E-state index is 13.2. The van der Waals surface area contributed by atoms with Gasteiger partial charge in [-0.1, -0.05) is 62.1 Å². The van der Waals surface area contributed by atoms with Gasteiger partial charge in [-0.25, -0.2) is 8.42 Å². The van der Waals surface area contributed by atoms with Gasteiger partial charge in [-0.15, -0.1) is 0 Å². The van der Waals surface area contributed by atoms with Gasteiger partial charge in [0, 0.05) is 18.4 Å². The van der Waals surface area contributed by atoms with E-state index in [0.29, 0.717) is 12.3 Å². The Labute approximate surface area is 204 Å². The number of sulfonamides is 1. The summed E-state index contributed by atoms with van der Waals surface area (Å²) in [5, 5.41) is 0. The topological polar surface area (TPSA) is 72.5 Å². The normalized spacial score (nSPS) is 11.9. The fourth-order valence-corrected chi connectivity index (χ4v) is 3.98. The Kier molecular flexibility index (Phi) is 9.96. The molecule has 5 nitrogen and oxygen atoms in total. The van der Waals surface area contributed by atoms with Crippen LogP contribution in [0.3, 0.4) is 0 Å². The Hall–Kier alpha value is -3.25. The molecule has 1 N–H and O–H groups in total. The van der Waals surface area contributed by atoms with Crippen LogP contribution in [-0.4, -0.2) is 27.2 Å². The van der Waals surface area contributed by atoms with E-state index in [1.165, 1.54) is 13.2 Å². The number of ether oxygens (including phenoxy) is 1. The quantitative estimate of drug-likeness (QED) is 0.258. The predicted molar refractivity (Wildman–Crippen MR) is 131 cm³/mol. The first-order valence-corrected chi connectivity index (χ1v) is 12.6. The molecule has 35 heavy (non-hydrogen) atoms. The maximum Gasteiger partial charge on any atom is 0.416 e. The summed E-state index contributed by atoms with van der Waals surface area (Å²) >= 11 is 0. The maximum atomic E-state index is 13.2. The molecule has 0 aliphatic heterocycles. The van der Waals surface area contributed by atoms with Gasteiger partial charge < -0.3 is 4.74 Å². The number of esters is 1. The third-order valence-electron chi connectivity index (χ3n) is 4.95. The molecular formula is C26H28F3NO4S. The van der Waals surface area contributed by atoms with Gasteiger partial charge in [0.1, 0.15) is 0 Å². The van der Waals surface area contributed by atoms with E-state index in [9.17, 15) is 26.4 Å². The molecular weight excluding hydrogens is 479 g/mol. The number of rotatable bonds is 9. The fourth-order valence-electron chi connectivity index (χ4n) is 3.04. The van der Waals surface area contributed by atoms with Crippen LogP contribution < -0.4 is 4.72 Å². The summed E-state index contributed by atoms with van der Waals surface area (Å²) in [5.74, 6) is 4.83. The molecule has 0 amide bonds. The molecule has 0 radical (unpaired) electrons. The SMILES string of the molecule is COC(=O)CCCC#Cc1cc(C(F)(F)F)ccc1NS(=O)(=O)CC=Cc1cccc(C(C)C)c1. The van der Waals surface area contributed by atoms with E-state index < -0.39 is 27.7 Å². The Morgan fingerprint density at radius 3 is 2.57 bits per heavy atom. The molecule has 2 aromatic rings. The average Bonchev–Trinajstić information content (AvgIpc) is 2.78. The zero-order chi connectivity index (χ0) is 26.1. The number of alkyl halides is 3. The van der Waals surface area contributed by atoms with E-state index in [2.05, 4.69) is 35.1 Å². The molecule has 0 bridgehead atoms. The van der Waals surface area contributed by atoms with Crippen LogP contribution in [0.5, 0.6) is 0 Å². The second kappa shape index (κ2) is 12.5. The lowest BCUT2D eigenvalue weighted by Crippen LogP contribution is -2.16. The summed E-state index contributed by atoms with van der Waals surface area (Å²) < 4.78 is 71.6. The highest BCUT2D eigenvalue weighted by Gasteiger charge is 2.31. The smallest absolute Gasteiger partial charge is 0.416 e. The molecule has 0 aliphatic carbocycles. The van der Waals surface area contributed by atoms with Crippen molar-refractivity contribution in [2.45, 2.75) is 45.2 Å². The molecule has 188 valence electrons. The number of benzene rings is 2. The van der Waals surface area contributed by atoms with E-state index in [1.54, 1.807) is 6.08 Å². The lowest BCUT2D eigenvalue weighted by atomic mass is 10.0. The molecule has 0 spiro atoms. The van der Waals surface area contributed by atoms with E-state index in [0.717, 1.165) is 29.3 Å². The van der Waals surface area contributed by atoms with Crippen molar-refractivity contribution in [2.75, 3.05) is 17.6 Å². The number of hydrogen-bond donors (Lipinski definition) is 1. The van der Waals surface area contributed by atoms with Crippen LogP contribution in [-0.2, 0) is 25.7 Å². The number of nitrogens with one attached hydrogen (secondary N) is 1. The van der Waals surface area contributed by atoms with Crippen molar-refractivity contribution in [1.82, 2.24) is 0 Å². The highest BCUT2D eigenvalue weighted by Crippen LogP contribution is 2.32. The summed E-state index contributed by atoms with van der Waals surface area (Å²) in [6, 6.07) is 10.3. The summed E-state index contributed by atoms with van der Waals surface area (Å²) in [6.07, 6.45) is -0.728. The molecule has 0 fully saturated rings. The van der Waals surface area contributed by atoms with Gasteiger partial charge in [-0.3, -0.25) is 9.52 Å². The average molecular weight is 508 g/mol. The van der Waals surface area contributed by atoms with Gasteiger partial charge in [0.2, 0.25) is 10.0 Å². The van der Waals surface area contributed by atoms with E-state index >= 15 is 0 Å². The van der Waals surface area contributed by atoms with Crippen LogP contribution in [0, 0.1) is 11.8 Å². The molecule has 0 heterocycles. The molecule has 2 rings (SSSR count). The number of halogens is 3. The summed E-state index contributed by atoms with van der Waals surface area (Å²) in [6.45, 7) is 4.11. The number of carbonyl (C=O) groups excluding carboxylic acids is 1. The number of hydrogen-bond acceptors (Lipinski definition) is 4. The Morgan fingerprint density at radius 2 is 1.91 bits per heavy atom. The fraction of sp³-hybridized carbons (Fsp3) is 0.346. The Balaban J connectivity index is 2.18. The predicted octanol–water partition coefficient (Wildman–Crippen LogP) is 5.98. The number of methoxy groups -OCH3 is 1. The third kappa shape index (κ3) is 9.49. The Morgan fingerprint density at radius 1 is 1.17 bits per heavy atom. The molecule has 0 aliphatic rings. The summed E-state index contributed by atoms with van der Waals surface area (Å²) in [4.78, 5) is 11.2. The Bertz CT molecular complexity index is 1220. The van der Waals surface area contributed by atoms with Gasteiger partial charge in [0.25, 0.3) is 0 Å². The second-order valence-corrected chi connectivity index (χ2v) is 9.87. The molecule has 0 unspecified atom stereocenters. The minimum atomic E-state index is -4.61. The highest BCUT2D eigenvalue weighted by molar-refractivity contribution is 7.92. The van der Waals surface area contributed by atoms with Gasteiger partial charge in [-0.05, 0) is 41.7 Å². The first kappa shape index (κ1) is 28.0. The molecule has 2 aromatic carbocycles. The van der Waals surface area contributed by atoms with Crippen LogP contribution in [0.25, 0.3) is 6.08 Å². The number of unbranched alkanes of at least 4 members (excludes halogenated alkanes) is 1. The standard InChI is InChI=1S/C26H28F3NO4S/c1-19(2)21-12-7-9-20(17-21)10-8-16-35(32,33)30-24-15-14-23(26(27,28)29)18-22(24)11-5-4-6-13-25(31)34-3/h7-10,12,14-15,17-19,30H,4,6,13,16H2,1-3H3. The van der Waals surface area contributed by atoms with Gasteiger partial charge in [0.15, 0.2) is 0 Å². The van der Waals surface area contributed by atoms with Gasteiger partial charge in [-0.2, -0.15) is 13.2 Å². The zero-order valence-corrected chi connectivity index (χ0v) is 20.6. The lowest BCUT2D eigenvalue weighted by molar-refractivity contribution is -0.140. The van der Waals surface area contributed by atoms with Crippen LogP contribution in [0.15, 0.2) is 48.5 Å². The van der Waals surface area contributed by atoms with Gasteiger partial charge >= 0.3 is 12.1 Å². The molecule has 9 heteroatoms. The first-order valence-electron chi connectivity index (χ1n) is 10.9. The van der Waals surface area contributed by atoms with Crippen LogP contribution in [0.1, 0.15) is 61.3 Å². The third-order valence-corrected chi connectivity index (χ3v) is 6.11. The van der Waals surface area contributed by atoms with Crippen molar-refractivity contribution in [1.29, 1.82) is 0 Å².